The minimum Gasteiger partial charge on any atom is -0.481 e. The lowest BCUT2D eigenvalue weighted by Crippen LogP contribution is -2.49. The first-order chi connectivity index (χ1) is 19.3. The number of halogens is 1. The third-order valence-electron chi connectivity index (χ3n) is 8.74. The summed E-state index contributed by atoms with van der Waals surface area (Å²) in [6.07, 6.45) is 3.67. The van der Waals surface area contributed by atoms with Crippen LogP contribution in [0.5, 0.6) is 5.88 Å². The predicted molar refractivity (Wildman–Crippen MR) is 152 cm³/mol. The molecule has 0 unspecified atom stereocenters. The van der Waals surface area contributed by atoms with Crippen LogP contribution in [0, 0.1) is 17.7 Å². The van der Waals surface area contributed by atoms with Crippen LogP contribution in [-0.4, -0.2) is 46.8 Å². The fraction of sp³-hybridized carbons (Fsp3) is 0.576. The Morgan fingerprint density at radius 1 is 1.12 bits per heavy atom. The Balaban J connectivity index is 1.35. The van der Waals surface area contributed by atoms with Crippen molar-refractivity contribution in [1.82, 2.24) is 9.88 Å². The van der Waals surface area contributed by atoms with Gasteiger partial charge in [0.05, 0.1) is 12.8 Å². The molecule has 0 N–H and O–H groups in total. The largest absolute Gasteiger partial charge is 0.481 e. The molecule has 2 aliphatic carbocycles. The molecule has 41 heavy (non-hydrogen) atoms. The molecule has 1 amide bonds. The van der Waals surface area contributed by atoms with Gasteiger partial charge in [-0.15, -0.1) is 0 Å². The number of methoxy groups -OCH3 is 1. The van der Waals surface area contributed by atoms with E-state index in [1.807, 2.05) is 32.9 Å². The van der Waals surface area contributed by atoms with Gasteiger partial charge >= 0.3 is 5.97 Å². The van der Waals surface area contributed by atoms with E-state index in [0.717, 1.165) is 29.7 Å². The summed E-state index contributed by atoms with van der Waals surface area (Å²) in [5.41, 5.74) is 3.02. The number of hydrogen-bond donors (Lipinski definition) is 0. The van der Waals surface area contributed by atoms with Crippen molar-refractivity contribution in [2.24, 2.45) is 11.8 Å². The molecule has 3 aliphatic rings. The minimum absolute atomic E-state index is 0.0243. The average Bonchev–Trinajstić information content (AvgIpc) is 3.17. The Hall–Kier alpha value is -3.29. The van der Waals surface area contributed by atoms with E-state index in [1.54, 1.807) is 18.1 Å². The monoisotopic (exact) mass is 564 g/mol. The van der Waals surface area contributed by atoms with Gasteiger partial charge < -0.3 is 14.4 Å². The van der Waals surface area contributed by atoms with E-state index in [1.165, 1.54) is 6.07 Å². The highest BCUT2D eigenvalue weighted by atomic mass is 19.1. The summed E-state index contributed by atoms with van der Waals surface area (Å²) in [5, 5.41) is 0. The molecule has 7 nitrogen and oxygen atoms in total. The molecule has 0 bridgehead atoms. The molecular weight excluding hydrogens is 523 g/mol. The zero-order valence-corrected chi connectivity index (χ0v) is 25.0. The molecule has 2 aromatic rings. The van der Waals surface area contributed by atoms with Crippen molar-refractivity contribution in [2.75, 3.05) is 13.7 Å². The Morgan fingerprint density at radius 2 is 1.85 bits per heavy atom. The maximum Gasteiger partial charge on any atom is 0.306 e. The first-order valence-corrected chi connectivity index (χ1v) is 14.7. The number of nitrogens with zero attached hydrogens (tertiary/aromatic N) is 2. The second kappa shape index (κ2) is 10.8. The number of hydrogen-bond acceptors (Lipinski definition) is 6. The van der Waals surface area contributed by atoms with E-state index in [4.69, 9.17) is 9.47 Å². The predicted octanol–water partition coefficient (Wildman–Crippen LogP) is 5.45. The summed E-state index contributed by atoms with van der Waals surface area (Å²) in [5.74, 6) is -0.443. The SMILES string of the molecule is COc1ccc2c(n1)CCN(C(=O)C1CC(CC(=O)OC(C)(C)C)C1)[C@H]2C(=O)Cc1cc(F)c2c(c1)CCC2(C)C. The number of fused-ring (bicyclic) bond motifs is 2. The van der Waals surface area contributed by atoms with Gasteiger partial charge in [-0.3, -0.25) is 14.4 Å². The topological polar surface area (TPSA) is 85.8 Å². The third kappa shape index (κ3) is 6.02. The second-order valence-corrected chi connectivity index (χ2v) is 13.5. The molecule has 1 saturated carbocycles. The number of carbonyl (C=O) groups is 3. The fourth-order valence-corrected chi connectivity index (χ4v) is 6.77. The molecule has 1 aromatic heterocycles. The zero-order valence-electron chi connectivity index (χ0n) is 25.0. The lowest BCUT2D eigenvalue weighted by atomic mass is 9.72. The highest BCUT2D eigenvalue weighted by Gasteiger charge is 2.44. The third-order valence-corrected chi connectivity index (χ3v) is 8.74. The number of amides is 1. The zero-order chi connectivity index (χ0) is 29.7. The molecule has 0 saturated heterocycles. The normalized spacial score (nSPS) is 22.8. The van der Waals surface area contributed by atoms with E-state index >= 15 is 4.39 Å². The Bertz CT molecular complexity index is 1370. The summed E-state index contributed by atoms with van der Waals surface area (Å²) in [6, 6.07) is 6.17. The van der Waals surface area contributed by atoms with Gasteiger partial charge in [-0.25, -0.2) is 9.37 Å². The van der Waals surface area contributed by atoms with Gasteiger partial charge in [0.15, 0.2) is 5.78 Å². The van der Waals surface area contributed by atoms with Crippen LogP contribution in [0.1, 0.15) is 94.3 Å². The summed E-state index contributed by atoms with van der Waals surface area (Å²) in [6.45, 7) is 9.98. The number of ketones is 1. The molecule has 0 radical (unpaired) electrons. The van der Waals surface area contributed by atoms with Gasteiger partial charge in [0.1, 0.15) is 17.5 Å². The Morgan fingerprint density at radius 3 is 2.54 bits per heavy atom. The number of carbonyl (C=O) groups excluding carboxylic acids is 3. The molecule has 1 atom stereocenters. The number of aryl methyl sites for hydroxylation is 1. The van der Waals surface area contributed by atoms with Gasteiger partial charge in [-0.2, -0.15) is 0 Å². The first kappa shape index (κ1) is 29.2. The molecule has 1 fully saturated rings. The van der Waals surface area contributed by atoms with Crippen LogP contribution in [-0.2, 0) is 43.8 Å². The van der Waals surface area contributed by atoms with Crippen LogP contribution in [0.25, 0.3) is 0 Å². The summed E-state index contributed by atoms with van der Waals surface area (Å²) >= 11 is 0. The molecular formula is C33H41FN2O5. The minimum atomic E-state index is -0.803. The number of pyridine rings is 1. The summed E-state index contributed by atoms with van der Waals surface area (Å²) in [4.78, 5) is 46.3. The number of ether oxygens (including phenoxy) is 2. The smallest absolute Gasteiger partial charge is 0.306 e. The molecule has 1 aliphatic heterocycles. The van der Waals surface area contributed by atoms with Crippen molar-refractivity contribution in [3.63, 3.8) is 0 Å². The maximum absolute atomic E-state index is 15.2. The summed E-state index contributed by atoms with van der Waals surface area (Å²) in [7, 11) is 1.55. The number of Topliss-reactive ketones (excluding diaryl/α,β-unsaturated/α-hetero) is 1. The standard InChI is InChI=1S/C33H41FN2O5/c1-32(2,3)41-28(38)18-19-14-22(15-19)31(39)36-12-10-25-23(7-8-27(35-25)40-6)30(36)26(37)17-20-13-21-9-11-33(4,5)29(21)24(34)16-20/h7-8,13,16,19,22,30H,9-12,14-15,17-18H2,1-6H3/t19?,22?,30-/m1/s1. The van der Waals surface area contributed by atoms with Gasteiger partial charge in [0, 0.05) is 43.4 Å². The quantitative estimate of drug-likeness (QED) is 0.416. The highest BCUT2D eigenvalue weighted by molar-refractivity contribution is 5.93. The van der Waals surface area contributed by atoms with Crippen LogP contribution in [0.4, 0.5) is 4.39 Å². The second-order valence-electron chi connectivity index (χ2n) is 13.5. The van der Waals surface area contributed by atoms with Gasteiger partial charge in [-0.05, 0) is 86.6 Å². The van der Waals surface area contributed by atoms with Gasteiger partial charge in [-0.1, -0.05) is 19.9 Å². The summed E-state index contributed by atoms with van der Waals surface area (Å²) < 4.78 is 26.0. The van der Waals surface area contributed by atoms with E-state index < -0.39 is 11.6 Å². The molecule has 8 heteroatoms. The number of rotatable bonds is 7. The molecule has 5 rings (SSSR count). The highest BCUT2D eigenvalue weighted by Crippen LogP contribution is 2.43. The van der Waals surface area contributed by atoms with Crippen LogP contribution in [0.15, 0.2) is 24.3 Å². The van der Waals surface area contributed by atoms with Gasteiger partial charge in [0.2, 0.25) is 11.8 Å². The van der Waals surface area contributed by atoms with Gasteiger partial charge in [0.25, 0.3) is 0 Å². The van der Waals surface area contributed by atoms with E-state index in [2.05, 4.69) is 18.8 Å². The van der Waals surface area contributed by atoms with E-state index in [-0.39, 0.29) is 53.6 Å². The number of aromatic nitrogens is 1. The molecule has 2 heterocycles. The van der Waals surface area contributed by atoms with Crippen LogP contribution < -0.4 is 4.74 Å². The fourth-order valence-electron chi connectivity index (χ4n) is 6.77. The van der Waals surface area contributed by atoms with Crippen molar-refractivity contribution in [1.29, 1.82) is 0 Å². The van der Waals surface area contributed by atoms with Crippen molar-refractivity contribution < 1.29 is 28.2 Å². The lowest BCUT2D eigenvalue weighted by Gasteiger charge is -2.42. The lowest BCUT2D eigenvalue weighted by molar-refractivity contribution is -0.159. The Labute approximate surface area is 241 Å². The van der Waals surface area contributed by atoms with E-state index in [9.17, 15) is 14.4 Å². The molecule has 0 spiro atoms. The van der Waals surface area contributed by atoms with E-state index in [0.29, 0.717) is 42.8 Å². The number of esters is 1. The maximum atomic E-state index is 15.2. The van der Waals surface area contributed by atoms with Crippen LogP contribution in [0.3, 0.4) is 0 Å². The number of benzene rings is 1. The van der Waals surface area contributed by atoms with Crippen molar-refractivity contribution in [3.05, 3.63) is 58.0 Å². The van der Waals surface area contributed by atoms with Crippen molar-refractivity contribution >= 4 is 17.7 Å². The van der Waals surface area contributed by atoms with Crippen LogP contribution >= 0.6 is 0 Å². The van der Waals surface area contributed by atoms with Crippen molar-refractivity contribution in [2.45, 2.75) is 96.6 Å². The Kier molecular flexibility index (Phi) is 7.72. The molecule has 220 valence electrons. The average molecular weight is 565 g/mol. The van der Waals surface area contributed by atoms with Crippen molar-refractivity contribution in [3.8, 4) is 5.88 Å². The van der Waals surface area contributed by atoms with Crippen LogP contribution in [0.2, 0.25) is 0 Å². The molecule has 1 aromatic carbocycles. The first-order valence-electron chi connectivity index (χ1n) is 14.7.